The predicted octanol–water partition coefficient (Wildman–Crippen LogP) is 0.744. The second kappa shape index (κ2) is 5.19. The Balaban J connectivity index is 2.38. The summed E-state index contributed by atoms with van der Waals surface area (Å²) >= 11 is 0. The number of alkyl halides is 1. The molecule has 0 bridgehead atoms. The summed E-state index contributed by atoms with van der Waals surface area (Å²) in [6.45, 7) is -0.473. The Morgan fingerprint density at radius 2 is 2.00 bits per heavy atom. The minimum absolute atomic E-state index is 0.156. The van der Waals surface area contributed by atoms with Crippen LogP contribution < -0.4 is 0 Å². The van der Waals surface area contributed by atoms with Gasteiger partial charge in [0.2, 0.25) is 10.0 Å². The summed E-state index contributed by atoms with van der Waals surface area (Å²) in [5.41, 5.74) is 0.281. The molecule has 1 fully saturated rings. The van der Waals surface area contributed by atoms with E-state index in [2.05, 4.69) is 0 Å². The summed E-state index contributed by atoms with van der Waals surface area (Å²) in [6, 6.07) is 5.48. The highest BCUT2D eigenvalue weighted by Gasteiger charge is 2.44. The fourth-order valence-electron chi connectivity index (χ4n) is 2.08. The topological polar surface area (TPSA) is 98.5 Å². The maximum atomic E-state index is 13.3. The van der Waals surface area contributed by atoms with Gasteiger partial charge in [-0.1, -0.05) is 0 Å². The van der Waals surface area contributed by atoms with Crippen molar-refractivity contribution in [3.8, 4) is 6.07 Å². The molecule has 0 radical (unpaired) electrons. The van der Waals surface area contributed by atoms with Crippen molar-refractivity contribution < 1.29 is 22.7 Å². The van der Waals surface area contributed by atoms with Crippen LogP contribution >= 0.6 is 0 Å². The van der Waals surface area contributed by atoms with Gasteiger partial charge < -0.3 is 5.11 Å². The SMILES string of the molecule is N#Cc1ccc(S(=O)(=O)N2CC(F)CC2C(=O)O)cc1. The first-order valence-electron chi connectivity index (χ1n) is 5.75. The van der Waals surface area contributed by atoms with E-state index in [-0.39, 0.29) is 16.9 Å². The van der Waals surface area contributed by atoms with Crippen LogP contribution in [-0.4, -0.2) is 42.6 Å². The van der Waals surface area contributed by atoms with Crippen molar-refractivity contribution in [1.82, 2.24) is 4.31 Å². The Kier molecular flexibility index (Phi) is 3.74. The molecule has 1 saturated heterocycles. The van der Waals surface area contributed by atoms with E-state index < -0.39 is 34.8 Å². The molecule has 1 aromatic rings. The van der Waals surface area contributed by atoms with E-state index in [0.717, 1.165) is 0 Å². The van der Waals surface area contributed by atoms with Gasteiger partial charge in [-0.25, -0.2) is 12.8 Å². The monoisotopic (exact) mass is 298 g/mol. The van der Waals surface area contributed by atoms with E-state index in [0.29, 0.717) is 4.31 Å². The molecule has 2 rings (SSSR count). The number of sulfonamides is 1. The van der Waals surface area contributed by atoms with Crippen LogP contribution in [0.2, 0.25) is 0 Å². The first kappa shape index (κ1) is 14.4. The first-order valence-corrected chi connectivity index (χ1v) is 7.19. The molecular formula is C12H11FN2O4S. The smallest absolute Gasteiger partial charge is 0.322 e. The normalized spacial score (nSPS) is 23.4. The van der Waals surface area contributed by atoms with Gasteiger partial charge in [0, 0.05) is 13.0 Å². The molecule has 1 aliphatic rings. The maximum Gasteiger partial charge on any atom is 0.322 e. The van der Waals surface area contributed by atoms with Crippen LogP contribution in [-0.2, 0) is 14.8 Å². The zero-order chi connectivity index (χ0) is 14.9. The van der Waals surface area contributed by atoms with Gasteiger partial charge in [-0.15, -0.1) is 0 Å². The minimum Gasteiger partial charge on any atom is -0.480 e. The highest BCUT2D eigenvalue weighted by molar-refractivity contribution is 7.89. The number of halogens is 1. The zero-order valence-corrected chi connectivity index (χ0v) is 11.0. The zero-order valence-electron chi connectivity index (χ0n) is 10.2. The van der Waals surface area contributed by atoms with E-state index in [1.165, 1.54) is 24.3 Å². The summed E-state index contributed by atoms with van der Waals surface area (Å²) in [5, 5.41) is 17.6. The lowest BCUT2D eigenvalue weighted by molar-refractivity contribution is -0.140. The number of nitriles is 1. The molecule has 1 heterocycles. The van der Waals surface area contributed by atoms with E-state index in [1.54, 1.807) is 0 Å². The summed E-state index contributed by atoms with van der Waals surface area (Å²) in [6.07, 6.45) is -1.85. The Labute approximate surface area is 115 Å². The second-order valence-electron chi connectivity index (χ2n) is 4.40. The lowest BCUT2D eigenvalue weighted by Gasteiger charge is -2.20. The molecule has 0 aliphatic carbocycles. The number of carbonyl (C=O) groups is 1. The summed E-state index contributed by atoms with van der Waals surface area (Å²) in [7, 11) is -4.09. The molecule has 0 amide bonds. The van der Waals surface area contributed by atoms with Gasteiger partial charge in [0.05, 0.1) is 16.5 Å². The molecule has 1 aliphatic heterocycles. The van der Waals surface area contributed by atoms with Crippen molar-refractivity contribution in [1.29, 1.82) is 5.26 Å². The Morgan fingerprint density at radius 3 is 2.50 bits per heavy atom. The Morgan fingerprint density at radius 1 is 1.40 bits per heavy atom. The molecule has 6 nitrogen and oxygen atoms in total. The second-order valence-corrected chi connectivity index (χ2v) is 6.29. The first-order chi connectivity index (χ1) is 9.36. The van der Waals surface area contributed by atoms with E-state index in [1.807, 2.05) is 6.07 Å². The average Bonchev–Trinajstić information content (AvgIpc) is 2.82. The molecule has 1 aromatic carbocycles. The van der Waals surface area contributed by atoms with E-state index in [4.69, 9.17) is 10.4 Å². The van der Waals surface area contributed by atoms with Gasteiger partial charge in [0.1, 0.15) is 12.2 Å². The Hall–Kier alpha value is -1.98. The molecule has 1 N–H and O–H groups in total. The van der Waals surface area contributed by atoms with Crippen molar-refractivity contribution in [2.45, 2.75) is 23.5 Å². The Bertz CT molecular complexity index is 666. The number of rotatable bonds is 3. The van der Waals surface area contributed by atoms with Crippen LogP contribution in [0.25, 0.3) is 0 Å². The molecule has 2 unspecified atom stereocenters. The van der Waals surface area contributed by atoms with E-state index >= 15 is 0 Å². The fourth-order valence-corrected chi connectivity index (χ4v) is 3.70. The largest absolute Gasteiger partial charge is 0.480 e. The lowest BCUT2D eigenvalue weighted by Crippen LogP contribution is -2.40. The predicted molar refractivity (Wildman–Crippen MR) is 66.0 cm³/mol. The molecule has 0 spiro atoms. The van der Waals surface area contributed by atoms with Crippen LogP contribution in [0.15, 0.2) is 29.2 Å². The molecular weight excluding hydrogens is 287 g/mol. The molecule has 2 atom stereocenters. The van der Waals surface area contributed by atoms with Crippen molar-refractivity contribution in [2.75, 3.05) is 6.54 Å². The van der Waals surface area contributed by atoms with Crippen molar-refractivity contribution in [3.63, 3.8) is 0 Å². The number of hydrogen-bond acceptors (Lipinski definition) is 4. The van der Waals surface area contributed by atoms with E-state index in [9.17, 15) is 17.6 Å². The van der Waals surface area contributed by atoms with Gasteiger partial charge in [-0.2, -0.15) is 9.57 Å². The quantitative estimate of drug-likeness (QED) is 0.887. The fraction of sp³-hybridized carbons (Fsp3) is 0.333. The highest BCUT2D eigenvalue weighted by atomic mass is 32.2. The summed E-state index contributed by atoms with van der Waals surface area (Å²) < 4.78 is 38.6. The number of hydrogen-bond donors (Lipinski definition) is 1. The third-order valence-electron chi connectivity index (χ3n) is 3.08. The molecule has 0 saturated carbocycles. The minimum atomic E-state index is -4.09. The van der Waals surface area contributed by atoms with Gasteiger partial charge in [0.15, 0.2) is 0 Å². The number of nitrogens with zero attached hydrogens (tertiary/aromatic N) is 2. The molecule has 0 aromatic heterocycles. The number of benzene rings is 1. The average molecular weight is 298 g/mol. The van der Waals surface area contributed by atoms with Crippen LogP contribution in [0.1, 0.15) is 12.0 Å². The third kappa shape index (κ3) is 2.50. The highest BCUT2D eigenvalue weighted by Crippen LogP contribution is 2.28. The van der Waals surface area contributed by atoms with Crippen LogP contribution in [0.5, 0.6) is 0 Å². The lowest BCUT2D eigenvalue weighted by atomic mass is 10.2. The standard InChI is InChI=1S/C12H11FN2O4S/c13-9-5-11(12(16)17)15(7-9)20(18,19)10-3-1-8(6-14)2-4-10/h1-4,9,11H,5,7H2,(H,16,17). The van der Waals surface area contributed by atoms with Crippen LogP contribution in [0.3, 0.4) is 0 Å². The molecule has 106 valence electrons. The number of carboxylic acids is 1. The van der Waals surface area contributed by atoms with Crippen molar-refractivity contribution in [2.24, 2.45) is 0 Å². The van der Waals surface area contributed by atoms with Crippen molar-refractivity contribution >= 4 is 16.0 Å². The van der Waals surface area contributed by atoms with Gasteiger partial charge in [-0.05, 0) is 24.3 Å². The molecule has 8 heteroatoms. The van der Waals surface area contributed by atoms with Gasteiger partial charge in [-0.3, -0.25) is 4.79 Å². The number of aliphatic carboxylic acids is 1. The maximum absolute atomic E-state index is 13.3. The summed E-state index contributed by atoms with van der Waals surface area (Å²) in [5.74, 6) is -1.37. The summed E-state index contributed by atoms with van der Waals surface area (Å²) in [4.78, 5) is 10.9. The number of carboxylic acid groups (broad SMARTS) is 1. The van der Waals surface area contributed by atoms with Crippen LogP contribution in [0, 0.1) is 11.3 Å². The van der Waals surface area contributed by atoms with Crippen LogP contribution in [0.4, 0.5) is 4.39 Å². The van der Waals surface area contributed by atoms with Gasteiger partial charge >= 0.3 is 5.97 Å². The third-order valence-corrected chi connectivity index (χ3v) is 4.97. The molecule has 20 heavy (non-hydrogen) atoms. The van der Waals surface area contributed by atoms with Gasteiger partial charge in [0.25, 0.3) is 0 Å². The van der Waals surface area contributed by atoms with Crippen molar-refractivity contribution in [3.05, 3.63) is 29.8 Å².